The zero-order valence-corrected chi connectivity index (χ0v) is 10.2. The molecule has 0 saturated carbocycles. The number of aromatic nitrogens is 1. The van der Waals surface area contributed by atoms with Crippen molar-refractivity contribution in [2.75, 3.05) is 32.1 Å². The van der Waals surface area contributed by atoms with Crippen molar-refractivity contribution in [2.24, 2.45) is 0 Å². The molecule has 5 heteroatoms. The van der Waals surface area contributed by atoms with Crippen LogP contribution in [-0.2, 0) is 4.74 Å². The molecule has 17 heavy (non-hydrogen) atoms. The van der Waals surface area contributed by atoms with Gasteiger partial charge in [-0.3, -0.25) is 0 Å². The lowest BCUT2D eigenvalue weighted by molar-refractivity contribution is -0.0260. The van der Waals surface area contributed by atoms with Crippen LogP contribution in [0.3, 0.4) is 0 Å². The second kappa shape index (κ2) is 5.42. The van der Waals surface area contributed by atoms with Crippen molar-refractivity contribution in [3.63, 3.8) is 0 Å². The largest absolute Gasteiger partial charge is 0.373 e. The van der Waals surface area contributed by atoms with Crippen LogP contribution in [0.15, 0.2) is 18.2 Å². The van der Waals surface area contributed by atoms with Crippen LogP contribution in [0, 0.1) is 5.95 Å². The van der Waals surface area contributed by atoms with Gasteiger partial charge in [0.15, 0.2) is 0 Å². The molecule has 4 nitrogen and oxygen atoms in total. The van der Waals surface area contributed by atoms with Crippen molar-refractivity contribution in [1.82, 2.24) is 9.88 Å². The molecule has 1 N–H and O–H groups in total. The molecule has 0 spiro atoms. The van der Waals surface area contributed by atoms with Crippen LogP contribution in [0.4, 0.5) is 10.2 Å². The maximum absolute atomic E-state index is 12.9. The Labute approximate surface area is 101 Å². The Morgan fingerprint density at radius 2 is 2.41 bits per heavy atom. The van der Waals surface area contributed by atoms with E-state index in [-0.39, 0.29) is 12.1 Å². The first-order chi connectivity index (χ1) is 8.15. The van der Waals surface area contributed by atoms with Gasteiger partial charge in [0.2, 0.25) is 5.95 Å². The number of morpholine rings is 1. The van der Waals surface area contributed by atoms with E-state index in [1.165, 1.54) is 6.07 Å². The smallest absolute Gasteiger partial charge is 0.214 e. The molecule has 2 heterocycles. The molecule has 1 aliphatic heterocycles. The lowest BCUT2D eigenvalue weighted by Crippen LogP contribution is -2.47. The molecule has 94 valence electrons. The first-order valence-corrected chi connectivity index (χ1v) is 5.84. The summed E-state index contributed by atoms with van der Waals surface area (Å²) >= 11 is 0. The molecule has 0 amide bonds. The molecule has 0 radical (unpaired) electrons. The predicted octanol–water partition coefficient (Wildman–Crippen LogP) is 1.35. The summed E-state index contributed by atoms with van der Waals surface area (Å²) in [6, 6.07) is 4.84. The first kappa shape index (κ1) is 12.3. The first-order valence-electron chi connectivity index (χ1n) is 5.84. The van der Waals surface area contributed by atoms with E-state index in [1.54, 1.807) is 12.1 Å². The quantitative estimate of drug-likeness (QED) is 0.808. The summed E-state index contributed by atoms with van der Waals surface area (Å²) in [5, 5.41) is 3.17. The van der Waals surface area contributed by atoms with Crippen LogP contribution in [0.2, 0.25) is 0 Å². The van der Waals surface area contributed by atoms with Crippen molar-refractivity contribution < 1.29 is 9.13 Å². The fourth-order valence-corrected chi connectivity index (χ4v) is 1.93. The molecule has 0 aliphatic carbocycles. The number of pyridine rings is 1. The van der Waals surface area contributed by atoms with E-state index in [1.807, 2.05) is 6.92 Å². The Hall–Kier alpha value is -1.20. The van der Waals surface area contributed by atoms with Crippen LogP contribution >= 0.6 is 0 Å². The van der Waals surface area contributed by atoms with E-state index in [0.29, 0.717) is 5.82 Å². The third-order valence-electron chi connectivity index (χ3n) is 2.94. The van der Waals surface area contributed by atoms with Gasteiger partial charge in [0, 0.05) is 13.1 Å². The monoisotopic (exact) mass is 239 g/mol. The zero-order chi connectivity index (χ0) is 12.3. The molecule has 1 aromatic heterocycles. The van der Waals surface area contributed by atoms with Gasteiger partial charge in [-0.1, -0.05) is 6.07 Å². The van der Waals surface area contributed by atoms with Gasteiger partial charge in [0.1, 0.15) is 5.82 Å². The highest BCUT2D eigenvalue weighted by molar-refractivity contribution is 5.35. The lowest BCUT2D eigenvalue weighted by Gasteiger charge is -2.34. The van der Waals surface area contributed by atoms with Gasteiger partial charge in [-0.2, -0.15) is 4.39 Å². The summed E-state index contributed by atoms with van der Waals surface area (Å²) in [6.45, 7) is 4.60. The Balaban J connectivity index is 1.94. The molecule has 1 aromatic rings. The number of hydrogen-bond acceptors (Lipinski definition) is 4. The molecule has 1 aliphatic rings. The molecule has 2 unspecified atom stereocenters. The van der Waals surface area contributed by atoms with E-state index >= 15 is 0 Å². The third kappa shape index (κ3) is 3.38. The Kier molecular flexibility index (Phi) is 3.91. The summed E-state index contributed by atoms with van der Waals surface area (Å²) < 4.78 is 18.6. The van der Waals surface area contributed by atoms with Crippen LogP contribution in [0.1, 0.15) is 6.92 Å². The summed E-state index contributed by atoms with van der Waals surface area (Å²) in [7, 11) is 2.07. The number of rotatable bonds is 3. The molecular weight excluding hydrogens is 221 g/mol. The second-order valence-corrected chi connectivity index (χ2v) is 4.45. The number of likely N-dealkylation sites (N-methyl/N-ethyl adjacent to an activating group) is 1. The second-order valence-electron chi connectivity index (χ2n) is 4.45. The van der Waals surface area contributed by atoms with Crippen molar-refractivity contribution in [1.29, 1.82) is 0 Å². The predicted molar refractivity (Wildman–Crippen MR) is 64.5 cm³/mol. The molecular formula is C12H18FN3O. The Morgan fingerprint density at radius 1 is 1.59 bits per heavy atom. The normalized spacial score (nSPS) is 23.4. The maximum Gasteiger partial charge on any atom is 0.214 e. The van der Waals surface area contributed by atoms with Gasteiger partial charge >= 0.3 is 0 Å². The van der Waals surface area contributed by atoms with Crippen LogP contribution in [-0.4, -0.2) is 48.8 Å². The fraction of sp³-hybridized carbons (Fsp3) is 0.583. The molecule has 2 rings (SSSR count). The van der Waals surface area contributed by atoms with E-state index in [0.717, 1.165) is 19.7 Å². The molecule has 2 atom stereocenters. The van der Waals surface area contributed by atoms with Crippen molar-refractivity contribution >= 4 is 5.82 Å². The highest BCUT2D eigenvalue weighted by Crippen LogP contribution is 2.12. The van der Waals surface area contributed by atoms with Crippen LogP contribution in [0.5, 0.6) is 0 Å². The number of hydrogen-bond donors (Lipinski definition) is 1. The Bertz CT molecular complexity index is 375. The summed E-state index contributed by atoms with van der Waals surface area (Å²) in [5.41, 5.74) is 0. The van der Waals surface area contributed by atoms with E-state index in [9.17, 15) is 4.39 Å². The number of halogens is 1. The van der Waals surface area contributed by atoms with E-state index in [2.05, 4.69) is 22.2 Å². The molecule has 0 bridgehead atoms. The van der Waals surface area contributed by atoms with Crippen molar-refractivity contribution in [2.45, 2.75) is 19.1 Å². The fourth-order valence-electron chi connectivity index (χ4n) is 1.93. The van der Waals surface area contributed by atoms with Gasteiger partial charge < -0.3 is 15.0 Å². The number of nitrogens with one attached hydrogen (secondary N) is 1. The van der Waals surface area contributed by atoms with Crippen LogP contribution < -0.4 is 5.32 Å². The molecule has 0 aromatic carbocycles. The maximum atomic E-state index is 12.9. The summed E-state index contributed by atoms with van der Waals surface area (Å²) in [5.74, 6) is 0.0817. The van der Waals surface area contributed by atoms with E-state index < -0.39 is 5.95 Å². The lowest BCUT2D eigenvalue weighted by atomic mass is 10.1. The number of anilines is 1. The highest BCUT2D eigenvalue weighted by Gasteiger charge is 2.23. The standard InChI is InChI=1S/C12H18FN3O/c1-9(10-8-16(2)6-7-17-10)14-12-5-3-4-11(13)15-12/h3-5,9-10H,6-8H2,1-2H3,(H,14,15). The minimum absolute atomic E-state index is 0.104. The third-order valence-corrected chi connectivity index (χ3v) is 2.94. The van der Waals surface area contributed by atoms with Gasteiger partial charge in [0.25, 0.3) is 0 Å². The Morgan fingerprint density at radius 3 is 3.12 bits per heavy atom. The van der Waals surface area contributed by atoms with Gasteiger partial charge in [-0.15, -0.1) is 0 Å². The van der Waals surface area contributed by atoms with Gasteiger partial charge in [-0.25, -0.2) is 4.98 Å². The molecule has 1 fully saturated rings. The average molecular weight is 239 g/mol. The van der Waals surface area contributed by atoms with Gasteiger partial charge in [-0.05, 0) is 26.1 Å². The van der Waals surface area contributed by atoms with Crippen LogP contribution in [0.25, 0.3) is 0 Å². The number of nitrogens with zero attached hydrogens (tertiary/aromatic N) is 2. The van der Waals surface area contributed by atoms with Crippen molar-refractivity contribution in [3.8, 4) is 0 Å². The molecule has 1 saturated heterocycles. The highest BCUT2D eigenvalue weighted by atomic mass is 19.1. The minimum atomic E-state index is -0.469. The minimum Gasteiger partial charge on any atom is -0.373 e. The summed E-state index contributed by atoms with van der Waals surface area (Å²) in [6.07, 6.45) is 0.110. The zero-order valence-electron chi connectivity index (χ0n) is 10.2. The average Bonchev–Trinajstić information content (AvgIpc) is 2.29. The number of ether oxygens (including phenoxy) is 1. The summed E-state index contributed by atoms with van der Waals surface area (Å²) in [4.78, 5) is 6.01. The van der Waals surface area contributed by atoms with Gasteiger partial charge in [0.05, 0.1) is 18.8 Å². The SMILES string of the molecule is CC(Nc1cccc(F)n1)C1CN(C)CCO1. The van der Waals surface area contributed by atoms with Crippen molar-refractivity contribution in [3.05, 3.63) is 24.1 Å². The van der Waals surface area contributed by atoms with E-state index in [4.69, 9.17) is 4.74 Å². The topological polar surface area (TPSA) is 37.4 Å².